The summed E-state index contributed by atoms with van der Waals surface area (Å²) in [5.41, 5.74) is 0. The number of thiophene rings is 1. The number of ether oxygens (including phenoxy) is 1. The van der Waals surface area contributed by atoms with Crippen molar-refractivity contribution in [1.82, 2.24) is 0 Å². The van der Waals surface area contributed by atoms with Gasteiger partial charge < -0.3 is 4.74 Å². The topological polar surface area (TPSA) is 9.23 Å². The van der Waals surface area contributed by atoms with Crippen LogP contribution in [0.3, 0.4) is 0 Å². The third kappa shape index (κ3) is 4.67. The Kier molecular flexibility index (Phi) is 5.47. The highest BCUT2D eigenvalue weighted by Crippen LogP contribution is 2.17. The third-order valence-corrected chi connectivity index (χ3v) is 3.18. The van der Waals surface area contributed by atoms with Crippen molar-refractivity contribution in [2.45, 2.75) is 31.0 Å². The largest absolute Gasteiger partial charge is 0.492 e. The maximum Gasteiger partial charge on any atom is 0.130 e. The van der Waals surface area contributed by atoms with Crippen LogP contribution in [0.4, 0.5) is 0 Å². The first-order valence-corrected chi connectivity index (χ1v) is 6.48. The molecule has 1 aromatic rings. The Morgan fingerprint density at radius 3 is 3.08 bits per heavy atom. The molecule has 0 spiro atoms. The van der Waals surface area contributed by atoms with Gasteiger partial charge in [-0.2, -0.15) is 0 Å². The molecule has 1 rings (SSSR count). The maximum atomic E-state index is 5.57. The van der Waals surface area contributed by atoms with Gasteiger partial charge in [-0.05, 0) is 17.9 Å². The van der Waals surface area contributed by atoms with Gasteiger partial charge in [-0.25, -0.2) is 0 Å². The fourth-order valence-corrected chi connectivity index (χ4v) is 2.06. The molecule has 1 heterocycles. The van der Waals surface area contributed by atoms with Gasteiger partial charge >= 0.3 is 0 Å². The van der Waals surface area contributed by atoms with Crippen molar-refractivity contribution in [3.05, 3.63) is 16.8 Å². The van der Waals surface area contributed by atoms with Crippen LogP contribution in [-0.4, -0.2) is 11.4 Å². The smallest absolute Gasteiger partial charge is 0.130 e. The molecule has 0 saturated carbocycles. The van der Waals surface area contributed by atoms with Crippen molar-refractivity contribution in [3.63, 3.8) is 0 Å². The molecule has 1 unspecified atom stereocenters. The lowest BCUT2D eigenvalue weighted by Gasteiger charge is -2.09. The van der Waals surface area contributed by atoms with Gasteiger partial charge in [-0.3, -0.25) is 0 Å². The minimum Gasteiger partial charge on any atom is -0.492 e. The summed E-state index contributed by atoms with van der Waals surface area (Å²) in [6.45, 7) is 2.98. The predicted molar refractivity (Wildman–Crippen MR) is 62.1 cm³/mol. The van der Waals surface area contributed by atoms with Crippen LogP contribution in [-0.2, 0) is 0 Å². The van der Waals surface area contributed by atoms with E-state index < -0.39 is 0 Å². The molecule has 0 amide bonds. The summed E-state index contributed by atoms with van der Waals surface area (Å²) in [7, 11) is 0. The second-order valence-corrected chi connectivity index (χ2v) is 5.08. The number of rotatable bonds is 6. The summed E-state index contributed by atoms with van der Waals surface area (Å²) < 4.78 is 5.57. The molecule has 3 heteroatoms. The first-order valence-electron chi connectivity index (χ1n) is 4.62. The lowest BCUT2D eigenvalue weighted by atomic mass is 10.2. The van der Waals surface area contributed by atoms with Crippen LogP contribution < -0.4 is 4.74 Å². The zero-order valence-electron chi connectivity index (χ0n) is 7.83. The second-order valence-electron chi connectivity index (χ2n) is 3.01. The zero-order chi connectivity index (χ0) is 9.52. The highest BCUT2D eigenvalue weighted by molar-refractivity contribution is 9.09. The van der Waals surface area contributed by atoms with Crippen molar-refractivity contribution in [2.24, 2.45) is 0 Å². The fourth-order valence-electron chi connectivity index (χ4n) is 1.03. The van der Waals surface area contributed by atoms with Gasteiger partial charge in [0.25, 0.3) is 0 Å². The lowest BCUT2D eigenvalue weighted by molar-refractivity contribution is 0.314. The van der Waals surface area contributed by atoms with Crippen LogP contribution in [0.15, 0.2) is 16.8 Å². The Balaban J connectivity index is 2.11. The molecule has 0 fully saturated rings. The van der Waals surface area contributed by atoms with Gasteiger partial charge in [-0.15, -0.1) is 11.3 Å². The molecule has 0 N–H and O–H groups in total. The SMILES string of the molecule is CCCCC(Br)COc1ccsc1. The maximum absolute atomic E-state index is 5.57. The Bertz CT molecular complexity index is 211. The molecule has 0 saturated heterocycles. The highest BCUT2D eigenvalue weighted by Gasteiger charge is 2.04. The molecule has 0 aliphatic heterocycles. The summed E-state index contributed by atoms with van der Waals surface area (Å²) in [5, 5.41) is 4.06. The quantitative estimate of drug-likeness (QED) is 0.703. The van der Waals surface area contributed by atoms with E-state index in [1.54, 1.807) is 11.3 Å². The summed E-state index contributed by atoms with van der Waals surface area (Å²) in [6, 6.07) is 2.00. The highest BCUT2D eigenvalue weighted by atomic mass is 79.9. The first kappa shape index (κ1) is 11.1. The molecule has 0 aliphatic rings. The zero-order valence-corrected chi connectivity index (χ0v) is 10.2. The van der Waals surface area contributed by atoms with Gasteiger partial charge in [0, 0.05) is 10.2 Å². The van der Waals surface area contributed by atoms with Crippen LogP contribution in [0.25, 0.3) is 0 Å². The predicted octanol–water partition coefficient (Wildman–Crippen LogP) is 4.08. The van der Waals surface area contributed by atoms with E-state index in [2.05, 4.69) is 22.9 Å². The van der Waals surface area contributed by atoms with Crippen molar-refractivity contribution in [1.29, 1.82) is 0 Å². The molecule has 1 aromatic heterocycles. The van der Waals surface area contributed by atoms with Crippen molar-refractivity contribution in [2.75, 3.05) is 6.61 Å². The van der Waals surface area contributed by atoms with Crippen LogP contribution in [0.5, 0.6) is 5.75 Å². The van der Waals surface area contributed by atoms with Crippen molar-refractivity contribution < 1.29 is 4.74 Å². The minimum atomic E-state index is 0.493. The lowest BCUT2D eigenvalue weighted by Crippen LogP contribution is -2.10. The van der Waals surface area contributed by atoms with E-state index in [1.807, 2.05) is 16.8 Å². The van der Waals surface area contributed by atoms with Crippen LogP contribution in [0.2, 0.25) is 0 Å². The third-order valence-electron chi connectivity index (χ3n) is 1.80. The van der Waals surface area contributed by atoms with Crippen molar-refractivity contribution >= 4 is 27.3 Å². The number of hydrogen-bond acceptors (Lipinski definition) is 2. The summed E-state index contributed by atoms with van der Waals surface area (Å²) >= 11 is 5.27. The number of hydrogen-bond donors (Lipinski definition) is 0. The van der Waals surface area contributed by atoms with E-state index in [1.165, 1.54) is 19.3 Å². The normalized spacial score (nSPS) is 12.8. The van der Waals surface area contributed by atoms with Crippen LogP contribution >= 0.6 is 27.3 Å². The summed E-state index contributed by atoms with van der Waals surface area (Å²) in [4.78, 5) is 0.493. The molecule has 1 nitrogen and oxygen atoms in total. The summed E-state index contributed by atoms with van der Waals surface area (Å²) in [5.74, 6) is 0.992. The monoisotopic (exact) mass is 262 g/mol. The molecule has 0 aromatic carbocycles. The first-order chi connectivity index (χ1) is 6.33. The van der Waals surface area contributed by atoms with Crippen molar-refractivity contribution in [3.8, 4) is 5.75 Å². The van der Waals surface area contributed by atoms with Gasteiger partial charge in [0.1, 0.15) is 12.4 Å². The molecule has 74 valence electrons. The number of unbranched alkanes of at least 4 members (excludes halogenated alkanes) is 1. The summed E-state index contributed by atoms with van der Waals surface area (Å²) in [6.07, 6.45) is 3.71. The Labute approximate surface area is 92.2 Å². The number of halogens is 1. The van der Waals surface area contributed by atoms with Gasteiger partial charge in [0.2, 0.25) is 0 Å². The van der Waals surface area contributed by atoms with E-state index in [9.17, 15) is 0 Å². The van der Waals surface area contributed by atoms with Gasteiger partial charge in [0.05, 0.1) is 0 Å². The molecule has 0 aliphatic carbocycles. The van der Waals surface area contributed by atoms with E-state index in [0.717, 1.165) is 12.4 Å². The van der Waals surface area contributed by atoms with E-state index in [0.29, 0.717) is 4.83 Å². The Morgan fingerprint density at radius 2 is 2.46 bits per heavy atom. The van der Waals surface area contributed by atoms with E-state index in [4.69, 9.17) is 4.74 Å². The molecular formula is C10H15BrOS. The number of alkyl halides is 1. The Morgan fingerprint density at radius 1 is 1.62 bits per heavy atom. The van der Waals surface area contributed by atoms with Crippen LogP contribution in [0.1, 0.15) is 26.2 Å². The minimum absolute atomic E-state index is 0.493. The molecular weight excluding hydrogens is 248 g/mol. The Hall–Kier alpha value is -0.0200. The van der Waals surface area contributed by atoms with Crippen LogP contribution in [0, 0.1) is 0 Å². The second kappa shape index (κ2) is 6.44. The fraction of sp³-hybridized carbons (Fsp3) is 0.600. The average Bonchev–Trinajstić information content (AvgIpc) is 2.64. The molecule has 1 atom stereocenters. The van der Waals surface area contributed by atoms with E-state index >= 15 is 0 Å². The van der Waals surface area contributed by atoms with Gasteiger partial charge in [0.15, 0.2) is 0 Å². The molecule has 13 heavy (non-hydrogen) atoms. The molecule has 0 bridgehead atoms. The average molecular weight is 263 g/mol. The molecule has 0 radical (unpaired) electrons. The van der Waals surface area contributed by atoms with Gasteiger partial charge in [-0.1, -0.05) is 35.7 Å². The standard InChI is InChI=1S/C10H15BrOS/c1-2-3-4-9(11)7-12-10-5-6-13-8-10/h5-6,8-9H,2-4,7H2,1H3. The van der Waals surface area contributed by atoms with E-state index in [-0.39, 0.29) is 0 Å².